The fraction of sp³-hybridized carbons (Fsp3) is 0.464. The molecule has 2 fully saturated rings. The van der Waals surface area contributed by atoms with Crippen molar-refractivity contribution in [1.29, 1.82) is 0 Å². The molecule has 2 heterocycles. The van der Waals surface area contributed by atoms with Gasteiger partial charge in [-0.2, -0.15) is 8.78 Å². The molecule has 0 N–H and O–H groups in total. The minimum atomic E-state index is -2.95. The molecule has 0 saturated carbocycles. The Morgan fingerprint density at radius 3 is 2.18 bits per heavy atom. The van der Waals surface area contributed by atoms with Crippen molar-refractivity contribution in [3.63, 3.8) is 0 Å². The van der Waals surface area contributed by atoms with E-state index in [0.29, 0.717) is 61.1 Å². The van der Waals surface area contributed by atoms with Crippen molar-refractivity contribution in [3.8, 4) is 5.75 Å². The van der Waals surface area contributed by atoms with E-state index in [1.807, 2.05) is 11.0 Å². The van der Waals surface area contributed by atoms with Gasteiger partial charge in [-0.05, 0) is 61.2 Å². The van der Waals surface area contributed by atoms with E-state index < -0.39 is 6.61 Å². The van der Waals surface area contributed by atoms with E-state index >= 15 is 0 Å². The first kappa shape index (κ1) is 29.1. The van der Waals surface area contributed by atoms with E-state index in [9.17, 15) is 23.2 Å². The third-order valence-corrected chi connectivity index (χ3v) is 8.43. The Morgan fingerprint density at radius 2 is 1.59 bits per heavy atom. The maximum atomic E-state index is 13.5. The molecule has 2 atom stereocenters. The first-order valence-electron chi connectivity index (χ1n) is 12.9. The normalized spacial score (nSPS) is 20.2. The molecule has 210 valence electrons. The number of piperidine rings is 2. The fourth-order valence-electron chi connectivity index (χ4n) is 5.51. The van der Waals surface area contributed by atoms with Gasteiger partial charge in [0.2, 0.25) is 11.8 Å². The lowest BCUT2D eigenvalue weighted by Gasteiger charge is -2.44. The zero-order chi connectivity index (χ0) is 28.3. The molecule has 39 heavy (non-hydrogen) atoms. The highest BCUT2D eigenvalue weighted by Gasteiger charge is 2.39. The smallest absolute Gasteiger partial charge is 0.387 e. The van der Waals surface area contributed by atoms with Gasteiger partial charge >= 0.3 is 6.61 Å². The Bertz CT molecular complexity index is 1210. The fourth-order valence-corrected chi connectivity index (χ4v) is 5.81. The predicted octanol–water partition coefficient (Wildman–Crippen LogP) is 5.31. The van der Waals surface area contributed by atoms with Gasteiger partial charge in [-0.25, -0.2) is 0 Å². The molecule has 11 heteroatoms. The molecule has 0 radical (unpaired) electrons. The second-order valence-electron chi connectivity index (χ2n) is 10.0. The molecule has 3 amide bonds. The van der Waals surface area contributed by atoms with Crippen molar-refractivity contribution >= 4 is 40.9 Å². The van der Waals surface area contributed by atoms with Crippen molar-refractivity contribution in [1.82, 2.24) is 14.7 Å². The van der Waals surface area contributed by atoms with Crippen molar-refractivity contribution in [2.75, 3.05) is 33.2 Å². The van der Waals surface area contributed by atoms with Gasteiger partial charge in [-0.15, -0.1) is 0 Å². The molecule has 2 aliphatic heterocycles. The van der Waals surface area contributed by atoms with Crippen LogP contribution in [-0.4, -0.2) is 78.3 Å². The second-order valence-corrected chi connectivity index (χ2v) is 10.8. The number of likely N-dealkylation sites (tertiary alicyclic amines) is 2. The maximum absolute atomic E-state index is 13.5. The summed E-state index contributed by atoms with van der Waals surface area (Å²) in [7, 11) is 1.70. The van der Waals surface area contributed by atoms with Crippen LogP contribution in [-0.2, 0) is 9.59 Å². The lowest BCUT2D eigenvalue weighted by molar-refractivity contribution is -0.141. The van der Waals surface area contributed by atoms with Gasteiger partial charge in [0.25, 0.3) is 5.91 Å². The van der Waals surface area contributed by atoms with E-state index in [1.54, 1.807) is 29.0 Å². The topological polar surface area (TPSA) is 70.2 Å². The van der Waals surface area contributed by atoms with Crippen LogP contribution in [0.1, 0.15) is 48.0 Å². The molecule has 0 aromatic heterocycles. The summed E-state index contributed by atoms with van der Waals surface area (Å²) in [6.07, 6.45) is 1.79. The van der Waals surface area contributed by atoms with Crippen LogP contribution in [0.3, 0.4) is 0 Å². The van der Waals surface area contributed by atoms with Crippen LogP contribution >= 0.6 is 23.2 Å². The minimum absolute atomic E-state index is 0.0188. The third-order valence-electron chi connectivity index (χ3n) is 7.69. The number of halogens is 4. The quantitative estimate of drug-likeness (QED) is 0.463. The summed E-state index contributed by atoms with van der Waals surface area (Å²) in [4.78, 5) is 43.8. The molecule has 2 saturated heterocycles. The number of nitrogens with zero attached hydrogens (tertiary/aromatic N) is 3. The Kier molecular flexibility index (Phi) is 9.33. The van der Waals surface area contributed by atoms with E-state index in [4.69, 9.17) is 23.2 Å². The van der Waals surface area contributed by atoms with Gasteiger partial charge in [-0.1, -0.05) is 29.3 Å². The van der Waals surface area contributed by atoms with Gasteiger partial charge in [0, 0.05) is 63.6 Å². The number of rotatable bonds is 6. The first-order chi connectivity index (χ1) is 18.5. The Hall–Kier alpha value is -2.91. The summed E-state index contributed by atoms with van der Waals surface area (Å²) in [5.74, 6) is -0.607. The van der Waals surface area contributed by atoms with E-state index in [-0.39, 0.29) is 41.3 Å². The minimum Gasteiger partial charge on any atom is -0.435 e. The number of ether oxygens (including phenoxy) is 1. The van der Waals surface area contributed by atoms with Crippen LogP contribution in [0.2, 0.25) is 10.0 Å². The number of carbonyl (C=O) groups excluding carboxylic acids is 3. The molecule has 0 spiro atoms. The van der Waals surface area contributed by atoms with Crippen molar-refractivity contribution < 1.29 is 27.9 Å². The largest absolute Gasteiger partial charge is 0.435 e. The molecule has 2 unspecified atom stereocenters. The van der Waals surface area contributed by atoms with Gasteiger partial charge in [0.05, 0.1) is 10.0 Å². The Balaban J connectivity index is 1.53. The highest BCUT2D eigenvalue weighted by Crippen LogP contribution is 2.35. The first-order valence-corrected chi connectivity index (χ1v) is 13.6. The van der Waals surface area contributed by atoms with Crippen LogP contribution in [0, 0.1) is 5.92 Å². The zero-order valence-electron chi connectivity index (χ0n) is 21.8. The molecule has 0 bridgehead atoms. The third kappa shape index (κ3) is 6.81. The van der Waals surface area contributed by atoms with Gasteiger partial charge in [0.1, 0.15) is 5.75 Å². The lowest BCUT2D eigenvalue weighted by Crippen LogP contribution is -2.53. The van der Waals surface area contributed by atoms with Crippen molar-refractivity contribution in [3.05, 3.63) is 63.6 Å². The average molecular weight is 582 g/mol. The van der Waals surface area contributed by atoms with Crippen LogP contribution < -0.4 is 4.74 Å². The zero-order valence-corrected chi connectivity index (χ0v) is 23.3. The van der Waals surface area contributed by atoms with Crippen LogP contribution in [0.5, 0.6) is 5.75 Å². The van der Waals surface area contributed by atoms with Gasteiger partial charge in [0.15, 0.2) is 0 Å². The monoisotopic (exact) mass is 581 g/mol. The summed E-state index contributed by atoms with van der Waals surface area (Å²) in [5.41, 5.74) is 1.20. The van der Waals surface area contributed by atoms with Crippen molar-refractivity contribution in [2.45, 2.75) is 44.8 Å². The predicted molar refractivity (Wildman–Crippen MR) is 144 cm³/mol. The number of carbonyl (C=O) groups is 3. The van der Waals surface area contributed by atoms with E-state index in [1.165, 1.54) is 31.2 Å². The molecule has 2 aromatic rings. The summed E-state index contributed by atoms with van der Waals surface area (Å²) in [5, 5.41) is 0.796. The lowest BCUT2D eigenvalue weighted by atomic mass is 9.83. The van der Waals surface area contributed by atoms with Crippen LogP contribution in [0.15, 0.2) is 42.5 Å². The molecule has 4 rings (SSSR count). The average Bonchev–Trinajstić information content (AvgIpc) is 2.93. The standard InChI is InChI=1S/C28H31Cl2F2N3O4/c1-17(36)34-12-9-19(10-13-34)27(38)35-14-11-25(22(16-35)20-5-8-23(29)24(30)15-20)33(2)26(37)18-3-6-21(7-4-18)39-28(31)32/h3-8,15,19,22,25,28H,9-14,16H2,1-2H3. The number of likely N-dealkylation sites (N-methyl/N-ethyl adjacent to an activating group) is 1. The highest BCUT2D eigenvalue weighted by molar-refractivity contribution is 6.42. The molecular weight excluding hydrogens is 551 g/mol. The Morgan fingerprint density at radius 1 is 0.949 bits per heavy atom. The summed E-state index contributed by atoms with van der Waals surface area (Å²) in [6.45, 7) is 0.599. The van der Waals surface area contributed by atoms with E-state index in [2.05, 4.69) is 4.74 Å². The second kappa shape index (κ2) is 12.5. The van der Waals surface area contributed by atoms with E-state index in [0.717, 1.165) is 5.56 Å². The molecule has 0 aliphatic carbocycles. The molecular formula is C28H31Cl2F2N3O4. The SMILES string of the molecule is CC(=O)N1CCC(C(=O)N2CCC(N(C)C(=O)c3ccc(OC(F)F)cc3)C(c3ccc(Cl)c(Cl)c3)C2)CC1. The summed E-state index contributed by atoms with van der Waals surface area (Å²) >= 11 is 12.5. The summed E-state index contributed by atoms with van der Waals surface area (Å²) < 4.78 is 29.4. The number of amides is 3. The number of hydrogen-bond acceptors (Lipinski definition) is 4. The number of alkyl halides is 2. The maximum Gasteiger partial charge on any atom is 0.387 e. The Labute approximate surface area is 236 Å². The number of benzene rings is 2. The van der Waals surface area contributed by atoms with Gasteiger partial charge in [-0.3, -0.25) is 14.4 Å². The van der Waals surface area contributed by atoms with Gasteiger partial charge < -0.3 is 19.4 Å². The number of hydrogen-bond donors (Lipinski definition) is 0. The van der Waals surface area contributed by atoms with Crippen molar-refractivity contribution in [2.24, 2.45) is 5.92 Å². The summed E-state index contributed by atoms with van der Waals surface area (Å²) in [6, 6.07) is 10.7. The molecule has 2 aliphatic rings. The molecule has 2 aromatic carbocycles. The van der Waals surface area contributed by atoms with Crippen LogP contribution in [0.4, 0.5) is 8.78 Å². The molecule has 7 nitrogen and oxygen atoms in total. The van der Waals surface area contributed by atoms with Crippen LogP contribution in [0.25, 0.3) is 0 Å². The highest BCUT2D eigenvalue weighted by atomic mass is 35.5.